The molecule has 1 rings (SSSR count). The molecule has 0 aromatic carbocycles. The van der Waals surface area contributed by atoms with Crippen molar-refractivity contribution in [1.82, 2.24) is 9.78 Å². The number of hydrogen-bond donors (Lipinski definition) is 1. The van der Waals surface area contributed by atoms with Gasteiger partial charge in [-0.05, 0) is 12.8 Å². The molecular weight excluding hydrogens is 268 g/mol. The van der Waals surface area contributed by atoms with Crippen molar-refractivity contribution in [3.63, 3.8) is 0 Å². The molecular formula is C9H13ClN2O4S. The Morgan fingerprint density at radius 1 is 1.53 bits per heavy atom. The highest BCUT2D eigenvalue weighted by Crippen LogP contribution is 2.24. The topological polar surface area (TPSA) is 89.3 Å². The van der Waals surface area contributed by atoms with E-state index in [1.807, 2.05) is 13.8 Å². The molecule has 17 heavy (non-hydrogen) atoms. The van der Waals surface area contributed by atoms with Gasteiger partial charge in [0.25, 0.3) is 9.05 Å². The molecule has 0 spiro atoms. The highest BCUT2D eigenvalue weighted by Gasteiger charge is 2.28. The van der Waals surface area contributed by atoms with Crippen molar-refractivity contribution in [3.05, 3.63) is 11.4 Å². The highest BCUT2D eigenvalue weighted by atomic mass is 35.7. The molecule has 0 fully saturated rings. The van der Waals surface area contributed by atoms with Gasteiger partial charge in [0, 0.05) is 17.2 Å². The minimum Gasteiger partial charge on any atom is -0.476 e. The van der Waals surface area contributed by atoms with Crippen LogP contribution in [0.3, 0.4) is 0 Å². The smallest absolute Gasteiger partial charge is 0.357 e. The predicted molar refractivity (Wildman–Crippen MR) is 61.8 cm³/mol. The Morgan fingerprint density at radius 3 is 2.35 bits per heavy atom. The first-order valence-electron chi connectivity index (χ1n) is 4.90. The van der Waals surface area contributed by atoms with Gasteiger partial charge in [0.05, 0.1) is 5.69 Å². The lowest BCUT2D eigenvalue weighted by molar-refractivity contribution is 0.0685. The standard InChI is InChI=1S/C9H13ClN2O4S/c1-5(2)4-12-6(3)8(17(10,15)16)7(11-12)9(13)14/h5H,4H2,1-3H3,(H,13,14). The molecule has 0 amide bonds. The van der Waals surface area contributed by atoms with Gasteiger partial charge < -0.3 is 5.11 Å². The minimum absolute atomic E-state index is 0.209. The van der Waals surface area contributed by atoms with E-state index in [-0.39, 0.29) is 11.6 Å². The third-order valence-corrected chi connectivity index (χ3v) is 3.58. The zero-order valence-electron chi connectivity index (χ0n) is 9.64. The van der Waals surface area contributed by atoms with Gasteiger partial charge in [-0.2, -0.15) is 5.10 Å². The summed E-state index contributed by atoms with van der Waals surface area (Å²) in [6.45, 7) is 5.74. The highest BCUT2D eigenvalue weighted by molar-refractivity contribution is 8.13. The maximum Gasteiger partial charge on any atom is 0.357 e. The Balaban J connectivity index is 3.47. The van der Waals surface area contributed by atoms with Crippen LogP contribution in [0.15, 0.2) is 4.90 Å². The van der Waals surface area contributed by atoms with E-state index < -0.39 is 25.6 Å². The Kier molecular flexibility index (Phi) is 3.83. The number of aromatic nitrogens is 2. The normalized spacial score (nSPS) is 12.1. The van der Waals surface area contributed by atoms with E-state index in [2.05, 4.69) is 5.10 Å². The number of hydrogen-bond acceptors (Lipinski definition) is 4. The van der Waals surface area contributed by atoms with Gasteiger partial charge >= 0.3 is 5.97 Å². The fourth-order valence-corrected chi connectivity index (χ4v) is 2.86. The predicted octanol–water partition coefficient (Wildman–Crippen LogP) is 1.47. The van der Waals surface area contributed by atoms with Crippen LogP contribution >= 0.6 is 10.7 Å². The lowest BCUT2D eigenvalue weighted by Crippen LogP contribution is -2.08. The van der Waals surface area contributed by atoms with Crippen LogP contribution in [-0.2, 0) is 15.6 Å². The molecule has 0 aliphatic rings. The molecule has 6 nitrogen and oxygen atoms in total. The number of carbonyl (C=O) groups is 1. The molecule has 0 saturated heterocycles. The molecule has 0 radical (unpaired) electrons. The van der Waals surface area contributed by atoms with Gasteiger partial charge in [-0.15, -0.1) is 0 Å². The largest absolute Gasteiger partial charge is 0.476 e. The van der Waals surface area contributed by atoms with Crippen LogP contribution in [0.1, 0.15) is 30.0 Å². The summed E-state index contributed by atoms with van der Waals surface area (Å²) >= 11 is 0. The summed E-state index contributed by atoms with van der Waals surface area (Å²) in [7, 11) is 1.10. The molecule has 0 bridgehead atoms. The van der Waals surface area contributed by atoms with Crippen molar-refractivity contribution in [1.29, 1.82) is 0 Å². The Labute approximate surface area is 104 Å². The number of halogens is 1. The fourth-order valence-electron chi connectivity index (χ4n) is 1.49. The van der Waals surface area contributed by atoms with E-state index >= 15 is 0 Å². The van der Waals surface area contributed by atoms with E-state index in [0.717, 1.165) is 0 Å². The Morgan fingerprint density at radius 2 is 2.06 bits per heavy atom. The van der Waals surface area contributed by atoms with Gasteiger partial charge in [-0.25, -0.2) is 13.2 Å². The van der Waals surface area contributed by atoms with Crippen LogP contribution in [0.25, 0.3) is 0 Å². The fraction of sp³-hybridized carbons (Fsp3) is 0.556. The van der Waals surface area contributed by atoms with E-state index in [0.29, 0.717) is 6.54 Å². The zero-order chi connectivity index (χ0) is 13.4. The quantitative estimate of drug-likeness (QED) is 0.844. The average Bonchev–Trinajstić information content (AvgIpc) is 2.42. The third kappa shape index (κ3) is 2.98. The first-order valence-corrected chi connectivity index (χ1v) is 7.21. The SMILES string of the molecule is Cc1c(S(=O)(=O)Cl)c(C(=O)O)nn1CC(C)C. The van der Waals surface area contributed by atoms with Gasteiger partial charge in [-0.1, -0.05) is 13.8 Å². The van der Waals surface area contributed by atoms with Crippen molar-refractivity contribution < 1.29 is 18.3 Å². The van der Waals surface area contributed by atoms with Crippen LogP contribution in [-0.4, -0.2) is 29.3 Å². The third-order valence-electron chi connectivity index (χ3n) is 2.14. The second kappa shape index (κ2) is 4.66. The van der Waals surface area contributed by atoms with Crippen LogP contribution in [0, 0.1) is 12.8 Å². The molecule has 0 aliphatic heterocycles. The first kappa shape index (κ1) is 14.0. The van der Waals surface area contributed by atoms with Gasteiger partial charge in [0.2, 0.25) is 0 Å². The summed E-state index contributed by atoms with van der Waals surface area (Å²) in [5, 5.41) is 12.7. The van der Waals surface area contributed by atoms with E-state index in [9.17, 15) is 13.2 Å². The van der Waals surface area contributed by atoms with Crippen molar-refractivity contribution in [2.45, 2.75) is 32.2 Å². The zero-order valence-corrected chi connectivity index (χ0v) is 11.2. The molecule has 1 heterocycles. The number of aromatic carboxylic acids is 1. The van der Waals surface area contributed by atoms with E-state index in [4.69, 9.17) is 15.8 Å². The average molecular weight is 281 g/mol. The maximum atomic E-state index is 11.3. The van der Waals surface area contributed by atoms with Crippen molar-refractivity contribution in [2.75, 3.05) is 0 Å². The van der Waals surface area contributed by atoms with Crippen LogP contribution < -0.4 is 0 Å². The van der Waals surface area contributed by atoms with Gasteiger partial charge in [0.15, 0.2) is 5.69 Å². The molecule has 0 aliphatic carbocycles. The van der Waals surface area contributed by atoms with Crippen LogP contribution in [0.4, 0.5) is 0 Å². The number of rotatable bonds is 4. The second-order valence-electron chi connectivity index (χ2n) is 4.08. The molecule has 0 atom stereocenters. The molecule has 0 saturated carbocycles. The Hall–Kier alpha value is -1.08. The van der Waals surface area contributed by atoms with Crippen molar-refractivity contribution in [3.8, 4) is 0 Å². The summed E-state index contributed by atoms with van der Waals surface area (Å²) in [5.41, 5.74) is -0.288. The van der Waals surface area contributed by atoms with Crippen LogP contribution in [0.5, 0.6) is 0 Å². The lowest BCUT2D eigenvalue weighted by Gasteiger charge is -2.06. The molecule has 1 aromatic heterocycles. The number of carboxylic acid groups (broad SMARTS) is 1. The molecule has 1 N–H and O–H groups in total. The van der Waals surface area contributed by atoms with Gasteiger partial charge in [-0.3, -0.25) is 4.68 Å². The van der Waals surface area contributed by atoms with Crippen molar-refractivity contribution in [2.24, 2.45) is 5.92 Å². The van der Waals surface area contributed by atoms with Gasteiger partial charge in [0.1, 0.15) is 4.90 Å². The number of carboxylic acids is 1. The summed E-state index contributed by atoms with van der Waals surface area (Å²) in [5.74, 6) is -1.20. The first-order chi connectivity index (χ1) is 7.64. The molecule has 8 heteroatoms. The lowest BCUT2D eigenvalue weighted by atomic mass is 10.2. The van der Waals surface area contributed by atoms with Crippen molar-refractivity contribution >= 4 is 25.7 Å². The molecule has 1 aromatic rings. The summed E-state index contributed by atoms with van der Waals surface area (Å²) in [6, 6.07) is 0. The monoisotopic (exact) mass is 280 g/mol. The summed E-state index contributed by atoms with van der Waals surface area (Å²) in [6.07, 6.45) is 0. The van der Waals surface area contributed by atoms with E-state index in [1.54, 1.807) is 0 Å². The maximum absolute atomic E-state index is 11.3. The Bertz CT molecular complexity index is 548. The minimum atomic E-state index is -4.12. The number of nitrogens with zero attached hydrogens (tertiary/aromatic N) is 2. The second-order valence-corrected chi connectivity index (χ2v) is 6.58. The van der Waals surface area contributed by atoms with Crippen LogP contribution in [0.2, 0.25) is 0 Å². The molecule has 0 unspecified atom stereocenters. The van der Waals surface area contributed by atoms with E-state index in [1.165, 1.54) is 11.6 Å². The summed E-state index contributed by atoms with van der Waals surface area (Å²) in [4.78, 5) is 10.5. The summed E-state index contributed by atoms with van der Waals surface area (Å²) < 4.78 is 24.0. The molecule has 96 valence electrons.